The van der Waals surface area contributed by atoms with E-state index >= 15 is 0 Å². The van der Waals surface area contributed by atoms with Crippen molar-refractivity contribution in [2.24, 2.45) is 0 Å². The van der Waals surface area contributed by atoms with Crippen LogP contribution in [-0.2, 0) is 10.2 Å². The minimum atomic E-state index is 0. The lowest BCUT2D eigenvalue weighted by molar-refractivity contribution is -0.121. The molecular weight excluding hydrogens is 296 g/mol. The number of carbonyl (C=O) groups is 1. The topological polar surface area (TPSA) is 32.3 Å². The number of hydrogen-bond donors (Lipinski definition) is 1. The van der Waals surface area contributed by atoms with Gasteiger partial charge in [0.1, 0.15) is 0 Å². The normalized spacial score (nSPS) is 25.8. The summed E-state index contributed by atoms with van der Waals surface area (Å²) in [7, 11) is 0. The fourth-order valence-electron chi connectivity index (χ4n) is 4.56. The molecule has 1 atom stereocenters. The van der Waals surface area contributed by atoms with E-state index in [1.165, 1.54) is 49.8 Å². The van der Waals surface area contributed by atoms with Gasteiger partial charge in [-0.2, -0.15) is 0 Å². The predicted molar refractivity (Wildman–Crippen MR) is 91.8 cm³/mol. The maximum absolute atomic E-state index is 13.0. The standard InChI is InChI=1S/C18H24N2O.ClH/c21-17(15-8-3-6-12-19-15)20-13-18(10-4-5-11-18)14-7-1-2-9-16(14)20;/h1-2,7,9,15,19H,3-6,8,10-13H2;1H. The van der Waals surface area contributed by atoms with E-state index in [4.69, 9.17) is 0 Å². The molecule has 1 aliphatic carbocycles. The van der Waals surface area contributed by atoms with Gasteiger partial charge in [0.25, 0.3) is 0 Å². The average Bonchev–Trinajstić information content (AvgIpc) is 3.15. The van der Waals surface area contributed by atoms with Crippen LogP contribution in [0.5, 0.6) is 0 Å². The molecule has 3 nitrogen and oxygen atoms in total. The van der Waals surface area contributed by atoms with Crippen LogP contribution in [0.1, 0.15) is 50.5 Å². The molecule has 1 aromatic rings. The van der Waals surface area contributed by atoms with E-state index in [9.17, 15) is 4.79 Å². The Morgan fingerprint density at radius 1 is 1.14 bits per heavy atom. The Morgan fingerprint density at radius 2 is 1.91 bits per heavy atom. The van der Waals surface area contributed by atoms with Crippen molar-refractivity contribution in [1.82, 2.24) is 5.32 Å². The number of carbonyl (C=O) groups excluding carboxylic acids is 1. The van der Waals surface area contributed by atoms with Gasteiger partial charge in [0.15, 0.2) is 0 Å². The van der Waals surface area contributed by atoms with Gasteiger partial charge in [0.05, 0.1) is 6.04 Å². The van der Waals surface area contributed by atoms with Crippen LogP contribution in [0.25, 0.3) is 0 Å². The molecule has 1 N–H and O–H groups in total. The summed E-state index contributed by atoms with van der Waals surface area (Å²) in [5.41, 5.74) is 2.85. The summed E-state index contributed by atoms with van der Waals surface area (Å²) in [6.45, 7) is 1.89. The maximum Gasteiger partial charge on any atom is 0.244 e. The molecule has 1 amide bonds. The van der Waals surface area contributed by atoms with Gasteiger partial charge in [-0.1, -0.05) is 37.5 Å². The van der Waals surface area contributed by atoms with Gasteiger partial charge in [-0.15, -0.1) is 12.4 Å². The van der Waals surface area contributed by atoms with Gasteiger partial charge in [-0.3, -0.25) is 4.79 Å². The minimum Gasteiger partial charge on any atom is -0.310 e. The van der Waals surface area contributed by atoms with Gasteiger partial charge >= 0.3 is 0 Å². The number of benzene rings is 1. The van der Waals surface area contributed by atoms with Crippen molar-refractivity contribution in [3.63, 3.8) is 0 Å². The fourth-order valence-corrected chi connectivity index (χ4v) is 4.56. The van der Waals surface area contributed by atoms with Gasteiger partial charge in [0, 0.05) is 17.6 Å². The molecule has 3 aliphatic rings. The van der Waals surface area contributed by atoms with E-state index in [-0.39, 0.29) is 23.9 Å². The number of fused-ring (bicyclic) bond motifs is 2. The summed E-state index contributed by atoms with van der Waals surface area (Å²) in [5.74, 6) is 0.297. The third-order valence-corrected chi connectivity index (χ3v) is 5.66. The Bertz CT molecular complexity index is 548. The highest BCUT2D eigenvalue weighted by molar-refractivity contribution is 5.99. The fraction of sp³-hybridized carbons (Fsp3) is 0.611. The Morgan fingerprint density at radius 3 is 2.64 bits per heavy atom. The summed E-state index contributed by atoms with van der Waals surface area (Å²) in [4.78, 5) is 15.1. The smallest absolute Gasteiger partial charge is 0.244 e. The molecule has 1 spiro atoms. The van der Waals surface area contributed by atoms with Gasteiger partial charge in [-0.05, 0) is 43.9 Å². The molecule has 2 heterocycles. The van der Waals surface area contributed by atoms with Crippen molar-refractivity contribution in [3.8, 4) is 0 Å². The van der Waals surface area contributed by atoms with Gasteiger partial charge < -0.3 is 10.2 Å². The van der Waals surface area contributed by atoms with E-state index in [1.807, 2.05) is 0 Å². The lowest BCUT2D eigenvalue weighted by Gasteiger charge is -2.29. The van der Waals surface area contributed by atoms with Crippen LogP contribution in [0.3, 0.4) is 0 Å². The number of rotatable bonds is 1. The number of nitrogens with one attached hydrogen (secondary N) is 1. The number of piperidine rings is 1. The van der Waals surface area contributed by atoms with E-state index < -0.39 is 0 Å². The number of amides is 1. The molecule has 2 fully saturated rings. The highest BCUT2D eigenvalue weighted by Crippen LogP contribution is 2.50. The van der Waals surface area contributed by atoms with Crippen LogP contribution >= 0.6 is 12.4 Å². The average molecular weight is 321 g/mol. The lowest BCUT2D eigenvalue weighted by Crippen LogP contribution is -2.49. The SMILES string of the molecule is Cl.O=C(C1CCCCN1)N1CC2(CCCC2)c2ccccc21. The molecule has 1 unspecified atom stereocenters. The lowest BCUT2D eigenvalue weighted by atomic mass is 9.81. The summed E-state index contributed by atoms with van der Waals surface area (Å²) in [5, 5.41) is 3.41. The third-order valence-electron chi connectivity index (χ3n) is 5.66. The second-order valence-corrected chi connectivity index (χ2v) is 6.93. The number of para-hydroxylation sites is 1. The Hall–Kier alpha value is -1.06. The largest absolute Gasteiger partial charge is 0.310 e. The molecule has 0 radical (unpaired) electrons. The Labute approximate surface area is 138 Å². The van der Waals surface area contributed by atoms with Crippen molar-refractivity contribution < 1.29 is 4.79 Å². The molecule has 0 bridgehead atoms. The molecule has 4 heteroatoms. The molecule has 1 aromatic carbocycles. The Kier molecular flexibility index (Phi) is 4.47. The van der Waals surface area contributed by atoms with E-state index in [0.717, 1.165) is 19.5 Å². The minimum absolute atomic E-state index is 0. The summed E-state index contributed by atoms with van der Waals surface area (Å²) in [6, 6.07) is 8.63. The first kappa shape index (κ1) is 15.8. The van der Waals surface area contributed by atoms with Gasteiger partial charge in [0.2, 0.25) is 5.91 Å². The first-order chi connectivity index (χ1) is 10.3. The molecule has 4 rings (SSSR count). The third kappa shape index (κ3) is 2.44. The highest BCUT2D eigenvalue weighted by atomic mass is 35.5. The number of nitrogens with zero attached hydrogens (tertiary/aromatic N) is 1. The number of halogens is 1. The highest BCUT2D eigenvalue weighted by Gasteiger charge is 2.46. The Balaban J connectivity index is 0.00000144. The number of anilines is 1. The van der Waals surface area contributed by atoms with Crippen molar-refractivity contribution in [2.75, 3.05) is 18.0 Å². The number of hydrogen-bond acceptors (Lipinski definition) is 2. The summed E-state index contributed by atoms with van der Waals surface area (Å²) in [6.07, 6.45) is 8.45. The predicted octanol–water partition coefficient (Wildman–Crippen LogP) is 3.41. The van der Waals surface area contributed by atoms with Crippen LogP contribution in [0.4, 0.5) is 5.69 Å². The molecular formula is C18H25ClN2O. The van der Waals surface area contributed by atoms with Crippen LogP contribution < -0.4 is 10.2 Å². The van der Waals surface area contributed by atoms with Crippen molar-refractivity contribution >= 4 is 24.0 Å². The molecule has 2 aliphatic heterocycles. The van der Waals surface area contributed by atoms with Crippen molar-refractivity contribution in [3.05, 3.63) is 29.8 Å². The quantitative estimate of drug-likeness (QED) is 0.860. The summed E-state index contributed by atoms with van der Waals surface area (Å²) >= 11 is 0. The van der Waals surface area contributed by atoms with E-state index in [1.54, 1.807) is 0 Å². The molecule has 1 saturated carbocycles. The molecule has 120 valence electrons. The zero-order chi connectivity index (χ0) is 14.3. The molecule has 1 saturated heterocycles. The van der Waals surface area contributed by atoms with Crippen molar-refractivity contribution in [2.45, 2.75) is 56.4 Å². The second kappa shape index (κ2) is 6.21. The second-order valence-electron chi connectivity index (χ2n) is 6.93. The van der Waals surface area contributed by atoms with Crippen molar-refractivity contribution in [1.29, 1.82) is 0 Å². The van der Waals surface area contributed by atoms with Crippen LogP contribution in [0.2, 0.25) is 0 Å². The van der Waals surface area contributed by atoms with Crippen LogP contribution in [0, 0.1) is 0 Å². The van der Waals surface area contributed by atoms with Crippen LogP contribution in [-0.4, -0.2) is 25.0 Å². The zero-order valence-electron chi connectivity index (χ0n) is 13.0. The monoisotopic (exact) mass is 320 g/mol. The van der Waals surface area contributed by atoms with E-state index in [2.05, 4.69) is 34.5 Å². The summed E-state index contributed by atoms with van der Waals surface area (Å²) < 4.78 is 0. The maximum atomic E-state index is 13.0. The molecule has 22 heavy (non-hydrogen) atoms. The van der Waals surface area contributed by atoms with Crippen LogP contribution in [0.15, 0.2) is 24.3 Å². The first-order valence-corrected chi connectivity index (χ1v) is 8.44. The zero-order valence-corrected chi connectivity index (χ0v) is 13.8. The van der Waals surface area contributed by atoms with Gasteiger partial charge in [-0.25, -0.2) is 0 Å². The van der Waals surface area contributed by atoms with E-state index in [0.29, 0.717) is 5.91 Å². The first-order valence-electron chi connectivity index (χ1n) is 8.44. The molecule has 0 aromatic heterocycles.